The number of nitrogens with zero attached hydrogens (tertiary/aromatic N) is 1. The SMILES string of the molecule is CC(C)Cc1cc2[nH]cnc2c(Cc2ccccc2)c1Cl. The molecule has 0 unspecified atom stereocenters. The monoisotopic (exact) mass is 298 g/mol. The summed E-state index contributed by atoms with van der Waals surface area (Å²) in [6, 6.07) is 12.5. The third-order valence-corrected chi connectivity index (χ3v) is 4.14. The molecule has 0 atom stereocenters. The van der Waals surface area contributed by atoms with Crippen LogP contribution in [-0.2, 0) is 12.8 Å². The van der Waals surface area contributed by atoms with Crippen molar-refractivity contribution >= 4 is 22.6 Å². The van der Waals surface area contributed by atoms with Gasteiger partial charge in [-0.3, -0.25) is 0 Å². The smallest absolute Gasteiger partial charge is 0.0932 e. The summed E-state index contributed by atoms with van der Waals surface area (Å²) in [5.74, 6) is 0.576. The molecule has 0 amide bonds. The molecule has 1 aromatic heterocycles. The molecule has 1 N–H and O–H groups in total. The highest BCUT2D eigenvalue weighted by Crippen LogP contribution is 2.31. The molecular weight excluding hydrogens is 280 g/mol. The predicted octanol–water partition coefficient (Wildman–Crippen LogP) is 5.01. The molecule has 0 saturated heterocycles. The lowest BCUT2D eigenvalue weighted by molar-refractivity contribution is 0.647. The van der Waals surface area contributed by atoms with Gasteiger partial charge in [0.2, 0.25) is 0 Å². The Morgan fingerprint density at radius 2 is 1.95 bits per heavy atom. The van der Waals surface area contributed by atoms with Gasteiger partial charge in [-0.25, -0.2) is 4.98 Å². The van der Waals surface area contributed by atoms with Crippen LogP contribution < -0.4 is 0 Å². The van der Waals surface area contributed by atoms with E-state index >= 15 is 0 Å². The molecule has 0 bridgehead atoms. The topological polar surface area (TPSA) is 28.7 Å². The van der Waals surface area contributed by atoms with Crippen LogP contribution in [0.1, 0.15) is 30.5 Å². The van der Waals surface area contributed by atoms with E-state index in [0.29, 0.717) is 5.92 Å². The number of aromatic nitrogens is 2. The van der Waals surface area contributed by atoms with Crippen molar-refractivity contribution in [2.24, 2.45) is 5.92 Å². The zero-order valence-corrected chi connectivity index (χ0v) is 13.1. The number of hydrogen-bond acceptors (Lipinski definition) is 1. The first-order valence-electron chi connectivity index (χ1n) is 7.32. The minimum atomic E-state index is 0.576. The standard InChI is InChI=1S/C18H19ClN2/c1-12(2)8-14-10-16-18(21-11-20-16)15(17(14)19)9-13-6-4-3-5-7-13/h3-7,10-12H,8-9H2,1-2H3,(H,20,21). The summed E-state index contributed by atoms with van der Waals surface area (Å²) in [5, 5.41) is 0.868. The molecular formula is C18H19ClN2. The van der Waals surface area contributed by atoms with E-state index in [4.69, 9.17) is 11.6 Å². The Balaban J connectivity index is 2.10. The molecule has 3 heteroatoms. The second kappa shape index (κ2) is 5.90. The maximum atomic E-state index is 6.68. The van der Waals surface area contributed by atoms with Crippen LogP contribution in [0, 0.1) is 5.92 Å². The lowest BCUT2D eigenvalue weighted by atomic mass is 9.96. The normalized spacial score (nSPS) is 11.4. The van der Waals surface area contributed by atoms with Crippen molar-refractivity contribution in [2.45, 2.75) is 26.7 Å². The summed E-state index contributed by atoms with van der Waals surface area (Å²) >= 11 is 6.68. The fourth-order valence-corrected chi connectivity index (χ4v) is 3.03. The van der Waals surface area contributed by atoms with Crippen LogP contribution in [0.25, 0.3) is 11.0 Å². The molecule has 3 aromatic rings. The van der Waals surface area contributed by atoms with Gasteiger partial charge in [-0.05, 0) is 29.5 Å². The lowest BCUT2D eigenvalue weighted by Crippen LogP contribution is -2.00. The fraction of sp³-hybridized carbons (Fsp3) is 0.278. The van der Waals surface area contributed by atoms with Gasteiger partial charge >= 0.3 is 0 Å². The van der Waals surface area contributed by atoms with E-state index in [1.54, 1.807) is 6.33 Å². The van der Waals surface area contributed by atoms with Crippen molar-refractivity contribution in [3.8, 4) is 0 Å². The van der Waals surface area contributed by atoms with E-state index in [-0.39, 0.29) is 0 Å². The summed E-state index contributed by atoms with van der Waals surface area (Å²) in [5.41, 5.74) is 5.63. The summed E-state index contributed by atoms with van der Waals surface area (Å²) in [4.78, 5) is 7.67. The number of hydrogen-bond donors (Lipinski definition) is 1. The number of fused-ring (bicyclic) bond motifs is 1. The molecule has 2 aromatic carbocycles. The van der Waals surface area contributed by atoms with Gasteiger partial charge in [0.05, 0.1) is 17.4 Å². The Hall–Kier alpha value is -1.80. The first kappa shape index (κ1) is 14.2. The van der Waals surface area contributed by atoms with Crippen molar-refractivity contribution in [1.82, 2.24) is 9.97 Å². The van der Waals surface area contributed by atoms with Crippen molar-refractivity contribution in [3.63, 3.8) is 0 Å². The molecule has 0 saturated carbocycles. The first-order chi connectivity index (χ1) is 10.1. The molecule has 0 aliphatic heterocycles. The Morgan fingerprint density at radius 1 is 1.19 bits per heavy atom. The van der Waals surface area contributed by atoms with Gasteiger partial charge in [-0.2, -0.15) is 0 Å². The van der Waals surface area contributed by atoms with Crippen molar-refractivity contribution in [3.05, 3.63) is 64.4 Å². The van der Waals surface area contributed by atoms with E-state index in [0.717, 1.165) is 34.5 Å². The maximum Gasteiger partial charge on any atom is 0.0932 e. The molecule has 0 fully saturated rings. The van der Waals surface area contributed by atoms with Crippen LogP contribution in [0.4, 0.5) is 0 Å². The van der Waals surface area contributed by atoms with Crippen LogP contribution in [0.2, 0.25) is 5.02 Å². The van der Waals surface area contributed by atoms with E-state index in [9.17, 15) is 0 Å². The average Bonchev–Trinajstić information content (AvgIpc) is 2.92. The van der Waals surface area contributed by atoms with Crippen LogP contribution in [0.5, 0.6) is 0 Å². The molecule has 0 aliphatic carbocycles. The summed E-state index contributed by atoms with van der Waals surface area (Å²) in [7, 11) is 0. The van der Waals surface area contributed by atoms with Gasteiger partial charge in [0.15, 0.2) is 0 Å². The average molecular weight is 299 g/mol. The van der Waals surface area contributed by atoms with Gasteiger partial charge in [0, 0.05) is 17.0 Å². The van der Waals surface area contributed by atoms with Crippen LogP contribution in [0.3, 0.4) is 0 Å². The number of nitrogens with one attached hydrogen (secondary N) is 1. The van der Waals surface area contributed by atoms with Crippen LogP contribution in [-0.4, -0.2) is 9.97 Å². The summed E-state index contributed by atoms with van der Waals surface area (Å²) in [6.07, 6.45) is 3.54. The first-order valence-corrected chi connectivity index (χ1v) is 7.70. The minimum absolute atomic E-state index is 0.576. The molecule has 0 radical (unpaired) electrons. The molecule has 3 rings (SSSR count). The highest BCUT2D eigenvalue weighted by Gasteiger charge is 2.15. The third kappa shape index (κ3) is 2.96. The molecule has 108 valence electrons. The highest BCUT2D eigenvalue weighted by molar-refractivity contribution is 6.33. The zero-order chi connectivity index (χ0) is 14.8. The number of imidazole rings is 1. The van der Waals surface area contributed by atoms with Crippen LogP contribution >= 0.6 is 11.6 Å². The van der Waals surface area contributed by atoms with E-state index < -0.39 is 0 Å². The Morgan fingerprint density at radius 3 is 2.67 bits per heavy atom. The van der Waals surface area contributed by atoms with Crippen molar-refractivity contribution < 1.29 is 0 Å². The molecule has 2 nitrogen and oxygen atoms in total. The Kier molecular flexibility index (Phi) is 3.98. The second-order valence-electron chi connectivity index (χ2n) is 5.89. The minimum Gasteiger partial charge on any atom is -0.345 e. The second-order valence-corrected chi connectivity index (χ2v) is 6.27. The van der Waals surface area contributed by atoms with Gasteiger partial charge in [0.25, 0.3) is 0 Å². The van der Waals surface area contributed by atoms with E-state index in [1.165, 1.54) is 11.1 Å². The zero-order valence-electron chi connectivity index (χ0n) is 12.4. The maximum absolute atomic E-state index is 6.68. The molecule has 0 aliphatic rings. The van der Waals surface area contributed by atoms with Gasteiger partial charge in [-0.15, -0.1) is 0 Å². The number of rotatable bonds is 4. The van der Waals surface area contributed by atoms with Crippen molar-refractivity contribution in [2.75, 3.05) is 0 Å². The Labute approximate surface area is 130 Å². The summed E-state index contributed by atoms with van der Waals surface area (Å²) in [6.45, 7) is 4.43. The van der Waals surface area contributed by atoms with E-state index in [1.807, 2.05) is 6.07 Å². The number of H-pyrrole nitrogens is 1. The Bertz CT molecular complexity index is 745. The quantitative estimate of drug-likeness (QED) is 0.721. The number of aromatic amines is 1. The lowest BCUT2D eigenvalue weighted by Gasteiger charge is -2.13. The molecule has 0 spiro atoms. The number of benzene rings is 2. The largest absolute Gasteiger partial charge is 0.345 e. The fourth-order valence-electron chi connectivity index (χ4n) is 2.74. The van der Waals surface area contributed by atoms with E-state index in [2.05, 4.69) is 54.1 Å². The van der Waals surface area contributed by atoms with Crippen molar-refractivity contribution in [1.29, 1.82) is 0 Å². The summed E-state index contributed by atoms with van der Waals surface area (Å²) < 4.78 is 0. The van der Waals surface area contributed by atoms with Crippen LogP contribution in [0.15, 0.2) is 42.7 Å². The number of halogens is 1. The van der Waals surface area contributed by atoms with Gasteiger partial charge < -0.3 is 4.98 Å². The molecule has 1 heterocycles. The highest BCUT2D eigenvalue weighted by atomic mass is 35.5. The third-order valence-electron chi connectivity index (χ3n) is 3.67. The van der Waals surface area contributed by atoms with Gasteiger partial charge in [-0.1, -0.05) is 55.8 Å². The molecule has 21 heavy (non-hydrogen) atoms. The van der Waals surface area contributed by atoms with Gasteiger partial charge in [0.1, 0.15) is 0 Å². The predicted molar refractivity (Wildman–Crippen MR) is 88.9 cm³/mol.